The summed E-state index contributed by atoms with van der Waals surface area (Å²) < 4.78 is 4.97. The average Bonchev–Trinajstić information content (AvgIpc) is 3.29. The molecular formula is C16H23N3O3. The van der Waals surface area contributed by atoms with Crippen LogP contribution in [0, 0.1) is 0 Å². The Morgan fingerprint density at radius 3 is 2.73 bits per heavy atom. The number of nitrogens with one attached hydrogen (secondary N) is 3. The lowest BCUT2D eigenvalue weighted by Gasteiger charge is -2.15. The lowest BCUT2D eigenvalue weighted by atomic mass is 10.1. The highest BCUT2D eigenvalue weighted by atomic mass is 16.5. The highest BCUT2D eigenvalue weighted by molar-refractivity contribution is 6.00. The van der Waals surface area contributed by atoms with Gasteiger partial charge in [0.25, 0.3) is 5.91 Å². The van der Waals surface area contributed by atoms with Crippen molar-refractivity contribution in [3.8, 4) is 0 Å². The van der Waals surface area contributed by atoms with E-state index in [-0.39, 0.29) is 24.4 Å². The van der Waals surface area contributed by atoms with Gasteiger partial charge in [0.05, 0.1) is 18.7 Å². The third-order valence-corrected chi connectivity index (χ3v) is 3.35. The zero-order chi connectivity index (χ0) is 15.9. The van der Waals surface area contributed by atoms with Gasteiger partial charge in [-0.3, -0.25) is 9.59 Å². The second-order valence-electron chi connectivity index (χ2n) is 5.57. The van der Waals surface area contributed by atoms with E-state index in [9.17, 15) is 9.59 Å². The number of carbonyl (C=O) groups excluding carboxylic acids is 2. The number of hydrogen-bond donors (Lipinski definition) is 3. The minimum absolute atomic E-state index is 0.0484. The molecule has 0 aliphatic heterocycles. The van der Waals surface area contributed by atoms with Gasteiger partial charge < -0.3 is 20.7 Å². The second kappa shape index (κ2) is 7.79. The molecule has 1 aliphatic carbocycles. The molecule has 0 radical (unpaired) electrons. The zero-order valence-corrected chi connectivity index (χ0v) is 13.0. The van der Waals surface area contributed by atoms with Crippen LogP contribution in [0.25, 0.3) is 0 Å². The minimum Gasteiger partial charge on any atom is -0.383 e. The molecule has 6 heteroatoms. The third kappa shape index (κ3) is 5.04. The van der Waals surface area contributed by atoms with Crippen LogP contribution in [0.15, 0.2) is 24.3 Å². The third-order valence-electron chi connectivity index (χ3n) is 3.35. The fourth-order valence-corrected chi connectivity index (χ4v) is 2.12. The Labute approximate surface area is 130 Å². The van der Waals surface area contributed by atoms with Crippen LogP contribution in [0.4, 0.5) is 5.69 Å². The zero-order valence-electron chi connectivity index (χ0n) is 13.0. The maximum absolute atomic E-state index is 12.2. The predicted octanol–water partition coefficient (Wildman–Crippen LogP) is 1.14. The molecule has 120 valence electrons. The molecule has 1 aliphatic rings. The molecule has 2 amide bonds. The molecular weight excluding hydrogens is 282 g/mol. The van der Waals surface area contributed by atoms with E-state index in [1.54, 1.807) is 19.2 Å². The topological polar surface area (TPSA) is 79.5 Å². The van der Waals surface area contributed by atoms with Gasteiger partial charge in [0.2, 0.25) is 5.91 Å². The smallest absolute Gasteiger partial charge is 0.253 e. The molecule has 0 bridgehead atoms. The highest BCUT2D eigenvalue weighted by Gasteiger charge is 2.24. The van der Waals surface area contributed by atoms with E-state index in [2.05, 4.69) is 16.0 Å². The van der Waals surface area contributed by atoms with Crippen LogP contribution in [-0.4, -0.2) is 44.2 Å². The van der Waals surface area contributed by atoms with Crippen molar-refractivity contribution >= 4 is 17.5 Å². The SMILES string of the molecule is COCC(C)NC(=O)CNc1ccccc1C(=O)NC1CC1. The minimum atomic E-state index is -0.137. The molecule has 6 nitrogen and oxygen atoms in total. The Bertz CT molecular complexity index is 529. The monoisotopic (exact) mass is 305 g/mol. The molecule has 2 rings (SSSR count). The summed E-state index contributed by atoms with van der Waals surface area (Å²) in [7, 11) is 1.59. The maximum Gasteiger partial charge on any atom is 0.253 e. The number of ether oxygens (including phenoxy) is 1. The van der Waals surface area contributed by atoms with E-state index in [0.717, 1.165) is 12.8 Å². The molecule has 0 saturated heterocycles. The van der Waals surface area contributed by atoms with Gasteiger partial charge in [0.15, 0.2) is 0 Å². The van der Waals surface area contributed by atoms with Crippen LogP contribution in [0.3, 0.4) is 0 Å². The molecule has 1 saturated carbocycles. The predicted molar refractivity (Wildman–Crippen MR) is 84.9 cm³/mol. The quantitative estimate of drug-likeness (QED) is 0.673. The second-order valence-corrected chi connectivity index (χ2v) is 5.57. The highest BCUT2D eigenvalue weighted by Crippen LogP contribution is 2.21. The summed E-state index contributed by atoms with van der Waals surface area (Å²) in [6.45, 7) is 2.45. The van der Waals surface area contributed by atoms with Crippen molar-refractivity contribution in [2.45, 2.75) is 31.8 Å². The molecule has 0 spiro atoms. The fourth-order valence-electron chi connectivity index (χ4n) is 2.12. The van der Waals surface area contributed by atoms with E-state index in [1.165, 1.54) is 0 Å². The van der Waals surface area contributed by atoms with Crippen LogP contribution < -0.4 is 16.0 Å². The first-order valence-electron chi connectivity index (χ1n) is 7.52. The summed E-state index contributed by atoms with van der Waals surface area (Å²) in [5, 5.41) is 8.79. The molecule has 1 aromatic carbocycles. The number of anilines is 1. The molecule has 0 heterocycles. The number of para-hydroxylation sites is 1. The van der Waals surface area contributed by atoms with Gasteiger partial charge in [-0.15, -0.1) is 0 Å². The lowest BCUT2D eigenvalue weighted by molar-refractivity contribution is -0.120. The number of methoxy groups -OCH3 is 1. The number of benzene rings is 1. The van der Waals surface area contributed by atoms with Crippen molar-refractivity contribution in [3.05, 3.63) is 29.8 Å². The first-order chi connectivity index (χ1) is 10.6. The summed E-state index contributed by atoms with van der Waals surface area (Å²) in [6.07, 6.45) is 2.09. The van der Waals surface area contributed by atoms with E-state index in [4.69, 9.17) is 4.74 Å². The van der Waals surface area contributed by atoms with Crippen LogP contribution in [0.1, 0.15) is 30.1 Å². The number of amides is 2. The van der Waals surface area contributed by atoms with Gasteiger partial charge in [0, 0.05) is 24.9 Å². The van der Waals surface area contributed by atoms with Crippen molar-refractivity contribution in [3.63, 3.8) is 0 Å². The Morgan fingerprint density at radius 1 is 1.32 bits per heavy atom. The molecule has 1 aromatic rings. The van der Waals surface area contributed by atoms with Gasteiger partial charge >= 0.3 is 0 Å². The van der Waals surface area contributed by atoms with Gasteiger partial charge in [-0.1, -0.05) is 12.1 Å². The van der Waals surface area contributed by atoms with E-state index in [0.29, 0.717) is 23.9 Å². The van der Waals surface area contributed by atoms with Gasteiger partial charge in [-0.05, 0) is 31.9 Å². The number of hydrogen-bond acceptors (Lipinski definition) is 4. The molecule has 1 fully saturated rings. The summed E-state index contributed by atoms with van der Waals surface area (Å²) in [5.74, 6) is -0.235. The van der Waals surface area contributed by atoms with E-state index >= 15 is 0 Å². The molecule has 0 aromatic heterocycles. The van der Waals surface area contributed by atoms with Crippen LogP contribution in [0.2, 0.25) is 0 Å². The Hall–Kier alpha value is -2.08. The largest absolute Gasteiger partial charge is 0.383 e. The summed E-state index contributed by atoms with van der Waals surface area (Å²) in [5.41, 5.74) is 1.22. The van der Waals surface area contributed by atoms with Crippen LogP contribution in [-0.2, 0) is 9.53 Å². The average molecular weight is 305 g/mol. The number of rotatable bonds is 8. The maximum atomic E-state index is 12.2. The molecule has 22 heavy (non-hydrogen) atoms. The van der Waals surface area contributed by atoms with Crippen molar-refractivity contribution in [2.24, 2.45) is 0 Å². The molecule has 1 atom stereocenters. The lowest BCUT2D eigenvalue weighted by Crippen LogP contribution is -2.39. The summed E-state index contributed by atoms with van der Waals surface area (Å²) in [6, 6.07) is 7.46. The summed E-state index contributed by atoms with van der Waals surface area (Å²) in [4.78, 5) is 24.0. The van der Waals surface area contributed by atoms with E-state index < -0.39 is 0 Å². The standard InChI is InChI=1S/C16H23N3O3/c1-11(10-22-2)18-15(20)9-17-14-6-4-3-5-13(14)16(21)19-12-7-8-12/h3-6,11-12,17H,7-10H2,1-2H3,(H,18,20)(H,19,21). The van der Waals surface area contributed by atoms with Crippen LogP contribution >= 0.6 is 0 Å². The first kappa shape index (κ1) is 16.3. The Morgan fingerprint density at radius 2 is 2.05 bits per heavy atom. The molecule has 3 N–H and O–H groups in total. The van der Waals surface area contributed by atoms with Crippen LogP contribution in [0.5, 0.6) is 0 Å². The molecule has 1 unspecified atom stereocenters. The van der Waals surface area contributed by atoms with Gasteiger partial charge in [0.1, 0.15) is 0 Å². The fraction of sp³-hybridized carbons (Fsp3) is 0.500. The Kier molecular flexibility index (Phi) is 5.77. The summed E-state index contributed by atoms with van der Waals surface area (Å²) >= 11 is 0. The Balaban J connectivity index is 1.89. The van der Waals surface area contributed by atoms with Crippen molar-refractivity contribution < 1.29 is 14.3 Å². The normalized spacial score (nSPS) is 15.0. The van der Waals surface area contributed by atoms with Gasteiger partial charge in [-0.2, -0.15) is 0 Å². The van der Waals surface area contributed by atoms with E-state index in [1.807, 2.05) is 19.1 Å². The van der Waals surface area contributed by atoms with Crippen molar-refractivity contribution in [1.82, 2.24) is 10.6 Å². The number of carbonyl (C=O) groups is 2. The first-order valence-corrected chi connectivity index (χ1v) is 7.52. The van der Waals surface area contributed by atoms with Crippen molar-refractivity contribution in [2.75, 3.05) is 25.6 Å². The van der Waals surface area contributed by atoms with Gasteiger partial charge in [-0.25, -0.2) is 0 Å². The van der Waals surface area contributed by atoms with Crippen molar-refractivity contribution in [1.29, 1.82) is 0 Å².